The zero-order valence-corrected chi connectivity index (χ0v) is 12.2. The van der Waals surface area contributed by atoms with Gasteiger partial charge in [0, 0.05) is 10.9 Å². The Hall–Kier alpha value is -1.10. The lowest BCUT2D eigenvalue weighted by Gasteiger charge is -2.15. The van der Waals surface area contributed by atoms with Crippen molar-refractivity contribution in [3.63, 3.8) is 0 Å². The first-order valence-corrected chi connectivity index (χ1v) is 7.48. The first-order valence-electron chi connectivity index (χ1n) is 6.28. The van der Waals surface area contributed by atoms with Crippen molar-refractivity contribution in [2.45, 2.75) is 25.3 Å². The Morgan fingerprint density at radius 3 is 3.05 bits per heavy atom. The van der Waals surface area contributed by atoms with Crippen molar-refractivity contribution in [1.82, 2.24) is 4.98 Å². The lowest BCUT2D eigenvalue weighted by Crippen LogP contribution is -2.15. The van der Waals surface area contributed by atoms with E-state index in [-0.39, 0.29) is 6.04 Å². The molecule has 1 heterocycles. The van der Waals surface area contributed by atoms with Crippen molar-refractivity contribution < 1.29 is 4.74 Å². The zero-order valence-electron chi connectivity index (χ0n) is 10.6. The molecule has 19 heavy (non-hydrogen) atoms. The van der Waals surface area contributed by atoms with E-state index in [0.29, 0.717) is 5.02 Å². The number of ether oxygens (including phenoxy) is 1. The number of methoxy groups -OCH3 is 1. The summed E-state index contributed by atoms with van der Waals surface area (Å²) in [5.74, 6) is 0.757. The van der Waals surface area contributed by atoms with Gasteiger partial charge in [0.1, 0.15) is 10.8 Å². The maximum atomic E-state index is 6.30. The molecule has 0 radical (unpaired) electrons. The van der Waals surface area contributed by atoms with Gasteiger partial charge in [0.15, 0.2) is 0 Å². The van der Waals surface area contributed by atoms with Crippen LogP contribution < -0.4 is 10.5 Å². The Morgan fingerprint density at radius 2 is 2.32 bits per heavy atom. The first-order chi connectivity index (χ1) is 9.20. The van der Waals surface area contributed by atoms with Crippen LogP contribution in [0, 0.1) is 0 Å². The smallest absolute Gasteiger partial charge is 0.130 e. The largest absolute Gasteiger partial charge is 0.496 e. The molecule has 1 aromatic carbocycles. The van der Waals surface area contributed by atoms with Gasteiger partial charge in [-0.1, -0.05) is 17.7 Å². The highest BCUT2D eigenvalue weighted by atomic mass is 35.5. The third kappa shape index (κ3) is 2.24. The molecule has 0 bridgehead atoms. The summed E-state index contributed by atoms with van der Waals surface area (Å²) in [6.07, 6.45) is 3.15. The highest BCUT2D eigenvalue weighted by Crippen LogP contribution is 2.42. The molecule has 1 unspecified atom stereocenters. The third-order valence-corrected chi connectivity index (χ3v) is 4.96. The van der Waals surface area contributed by atoms with Crippen LogP contribution in [0.25, 0.3) is 10.6 Å². The van der Waals surface area contributed by atoms with E-state index in [4.69, 9.17) is 27.1 Å². The number of nitrogens with two attached hydrogens (primary N) is 1. The van der Waals surface area contributed by atoms with E-state index in [2.05, 4.69) is 0 Å². The minimum absolute atomic E-state index is 0.114. The monoisotopic (exact) mass is 294 g/mol. The number of aryl methyl sites for hydroxylation is 1. The van der Waals surface area contributed by atoms with Gasteiger partial charge in [0.25, 0.3) is 0 Å². The molecule has 0 fully saturated rings. The summed E-state index contributed by atoms with van der Waals surface area (Å²) in [5.41, 5.74) is 8.15. The molecule has 5 heteroatoms. The average Bonchev–Trinajstić information content (AvgIpc) is 2.83. The zero-order chi connectivity index (χ0) is 13.4. The summed E-state index contributed by atoms with van der Waals surface area (Å²) >= 11 is 7.94. The van der Waals surface area contributed by atoms with Gasteiger partial charge in [-0.25, -0.2) is 4.98 Å². The van der Waals surface area contributed by atoms with E-state index >= 15 is 0 Å². The van der Waals surface area contributed by atoms with Gasteiger partial charge >= 0.3 is 0 Å². The topological polar surface area (TPSA) is 48.1 Å². The molecule has 3 rings (SSSR count). The van der Waals surface area contributed by atoms with Gasteiger partial charge in [0.2, 0.25) is 0 Å². The highest BCUT2D eigenvalue weighted by Gasteiger charge is 2.24. The van der Waals surface area contributed by atoms with Gasteiger partial charge in [-0.2, -0.15) is 0 Å². The first kappa shape index (κ1) is 12.9. The van der Waals surface area contributed by atoms with E-state index in [1.165, 1.54) is 4.88 Å². The van der Waals surface area contributed by atoms with Crippen molar-refractivity contribution >= 4 is 22.9 Å². The molecule has 1 aliphatic rings. The van der Waals surface area contributed by atoms with Gasteiger partial charge in [-0.15, -0.1) is 11.3 Å². The Labute approximate surface area is 121 Å². The van der Waals surface area contributed by atoms with Crippen LogP contribution in [0.1, 0.15) is 29.5 Å². The Morgan fingerprint density at radius 1 is 1.47 bits per heavy atom. The number of rotatable bonds is 2. The molecule has 1 atom stereocenters. The standard InChI is InChI=1S/C14H15ClN2OS/c1-18-11-7-2-4-8(15)12(11)14-17-10-6-3-5-9(16)13(10)19-14/h2,4,7,9H,3,5-6,16H2,1H3. The van der Waals surface area contributed by atoms with Crippen LogP contribution in [0.3, 0.4) is 0 Å². The number of thiazole rings is 1. The van der Waals surface area contributed by atoms with Crippen molar-refractivity contribution in [2.75, 3.05) is 7.11 Å². The second-order valence-corrected chi connectivity index (χ2v) is 6.08. The molecule has 1 aliphatic carbocycles. The predicted octanol–water partition coefficient (Wildman–Crippen LogP) is 3.81. The van der Waals surface area contributed by atoms with Crippen LogP contribution in [0.15, 0.2) is 18.2 Å². The molecular formula is C14H15ClN2OS. The van der Waals surface area contributed by atoms with Crippen LogP contribution in [0.5, 0.6) is 5.75 Å². The maximum absolute atomic E-state index is 6.30. The summed E-state index contributed by atoms with van der Waals surface area (Å²) in [6, 6.07) is 5.76. The SMILES string of the molecule is COc1cccc(Cl)c1-c1nc2c(s1)C(N)CCC2. The number of nitrogens with zero attached hydrogens (tertiary/aromatic N) is 1. The second-order valence-electron chi connectivity index (χ2n) is 4.65. The third-order valence-electron chi connectivity index (χ3n) is 3.40. The van der Waals surface area contributed by atoms with E-state index in [1.807, 2.05) is 18.2 Å². The van der Waals surface area contributed by atoms with Crippen LogP contribution in [0.4, 0.5) is 0 Å². The number of hydrogen-bond donors (Lipinski definition) is 1. The molecular weight excluding hydrogens is 280 g/mol. The minimum Gasteiger partial charge on any atom is -0.496 e. The Bertz CT molecular complexity index is 611. The van der Waals surface area contributed by atoms with Crippen LogP contribution in [-0.4, -0.2) is 12.1 Å². The number of fused-ring (bicyclic) bond motifs is 1. The van der Waals surface area contributed by atoms with Gasteiger partial charge in [-0.3, -0.25) is 0 Å². The lowest BCUT2D eigenvalue weighted by atomic mass is 9.99. The minimum atomic E-state index is 0.114. The maximum Gasteiger partial charge on any atom is 0.130 e. The number of halogens is 1. The fraction of sp³-hybridized carbons (Fsp3) is 0.357. The molecule has 100 valence electrons. The summed E-state index contributed by atoms with van der Waals surface area (Å²) in [7, 11) is 1.65. The van der Waals surface area contributed by atoms with Crippen molar-refractivity contribution in [1.29, 1.82) is 0 Å². The number of aromatic nitrogens is 1. The van der Waals surface area contributed by atoms with Gasteiger partial charge in [0.05, 0.1) is 23.4 Å². The van der Waals surface area contributed by atoms with Crippen LogP contribution >= 0.6 is 22.9 Å². The molecule has 0 saturated heterocycles. The van der Waals surface area contributed by atoms with E-state index < -0.39 is 0 Å². The van der Waals surface area contributed by atoms with Crippen molar-refractivity contribution in [3.05, 3.63) is 33.8 Å². The molecule has 2 N–H and O–H groups in total. The van der Waals surface area contributed by atoms with Crippen LogP contribution in [-0.2, 0) is 6.42 Å². The fourth-order valence-electron chi connectivity index (χ4n) is 2.44. The Balaban J connectivity index is 2.13. The average molecular weight is 295 g/mol. The molecule has 1 aromatic heterocycles. The predicted molar refractivity (Wildman–Crippen MR) is 79.0 cm³/mol. The number of hydrogen-bond acceptors (Lipinski definition) is 4. The molecule has 0 aliphatic heterocycles. The lowest BCUT2D eigenvalue weighted by molar-refractivity contribution is 0.416. The highest BCUT2D eigenvalue weighted by molar-refractivity contribution is 7.15. The summed E-state index contributed by atoms with van der Waals surface area (Å²) < 4.78 is 5.39. The van der Waals surface area contributed by atoms with Crippen molar-refractivity contribution in [3.8, 4) is 16.3 Å². The molecule has 0 saturated carbocycles. The molecule has 3 nitrogen and oxygen atoms in total. The van der Waals surface area contributed by atoms with E-state index in [0.717, 1.165) is 41.3 Å². The molecule has 0 spiro atoms. The quantitative estimate of drug-likeness (QED) is 0.916. The summed E-state index contributed by atoms with van der Waals surface area (Å²) in [5, 5.41) is 1.57. The second kappa shape index (κ2) is 5.12. The van der Waals surface area contributed by atoms with E-state index in [9.17, 15) is 0 Å². The normalized spacial score (nSPS) is 18.2. The van der Waals surface area contributed by atoms with E-state index in [1.54, 1.807) is 18.4 Å². The number of benzene rings is 1. The van der Waals surface area contributed by atoms with Gasteiger partial charge in [-0.05, 0) is 31.4 Å². The fourth-order valence-corrected chi connectivity index (χ4v) is 3.96. The molecule has 0 amide bonds. The van der Waals surface area contributed by atoms with Crippen molar-refractivity contribution in [2.24, 2.45) is 5.73 Å². The summed E-state index contributed by atoms with van der Waals surface area (Å²) in [4.78, 5) is 5.91. The van der Waals surface area contributed by atoms with Crippen LogP contribution in [0.2, 0.25) is 5.02 Å². The summed E-state index contributed by atoms with van der Waals surface area (Å²) in [6.45, 7) is 0. The molecule has 2 aromatic rings. The Kier molecular flexibility index (Phi) is 3.48. The van der Waals surface area contributed by atoms with Gasteiger partial charge < -0.3 is 10.5 Å².